The highest BCUT2D eigenvalue weighted by molar-refractivity contribution is 14.1. The minimum Gasteiger partial charge on any atom is -0.491 e. The van der Waals surface area contributed by atoms with Crippen molar-refractivity contribution in [3.63, 3.8) is 0 Å². The average Bonchev–Trinajstić information content (AvgIpc) is 2.94. The van der Waals surface area contributed by atoms with E-state index in [0.717, 1.165) is 22.0 Å². The van der Waals surface area contributed by atoms with Gasteiger partial charge in [-0.2, -0.15) is 0 Å². The molecule has 7 nitrogen and oxygen atoms in total. The second-order valence-electron chi connectivity index (χ2n) is 5.06. The molecular weight excluding hydrogens is 464 g/mol. The third kappa shape index (κ3) is 3.75. The van der Waals surface area contributed by atoms with Crippen LogP contribution in [-0.2, 0) is 10.0 Å². The first kappa shape index (κ1) is 17.6. The molecule has 3 rings (SSSR count). The topological polar surface area (TPSA) is 118 Å². The maximum Gasteiger partial charge on any atom is 0.259 e. The monoisotopic (exact) mass is 475 g/mol. The summed E-state index contributed by atoms with van der Waals surface area (Å²) in [5.74, 6) is -1.48. The lowest BCUT2D eigenvalue weighted by Crippen LogP contribution is -2.14. The summed E-state index contributed by atoms with van der Waals surface area (Å²) in [4.78, 5) is -0.698. The minimum absolute atomic E-state index is 0.0953. The number of hydrogen-bond donors (Lipinski definition) is 3. The van der Waals surface area contributed by atoms with Gasteiger partial charge >= 0.3 is 0 Å². The number of sulfonamides is 1. The Morgan fingerprint density at radius 2 is 1.88 bits per heavy atom. The lowest BCUT2D eigenvalue weighted by atomic mass is 10.1. The summed E-state index contributed by atoms with van der Waals surface area (Å²) in [5.41, 5.74) is 1.12. The van der Waals surface area contributed by atoms with Gasteiger partial charge in [0.1, 0.15) is 17.0 Å². The van der Waals surface area contributed by atoms with Crippen molar-refractivity contribution in [1.82, 2.24) is 5.16 Å². The highest BCUT2D eigenvalue weighted by Crippen LogP contribution is 2.37. The van der Waals surface area contributed by atoms with Gasteiger partial charge in [-0.3, -0.25) is 0 Å². The summed E-state index contributed by atoms with van der Waals surface area (Å²) in [6.45, 7) is 0. The predicted octanol–water partition coefficient (Wildman–Crippen LogP) is 3.18. The van der Waals surface area contributed by atoms with Crippen LogP contribution >= 0.6 is 22.6 Å². The van der Waals surface area contributed by atoms with Gasteiger partial charge in [0.05, 0.1) is 5.56 Å². The van der Waals surface area contributed by atoms with Crippen molar-refractivity contribution < 1.29 is 22.4 Å². The summed E-state index contributed by atoms with van der Waals surface area (Å²) in [7, 11) is -4.29. The number of benzene rings is 2. The molecule has 0 fully saturated rings. The number of nitrogens with one attached hydrogen (secondary N) is 1. The van der Waals surface area contributed by atoms with Gasteiger partial charge in [-0.25, -0.2) is 17.9 Å². The quantitative estimate of drug-likeness (QED) is 0.499. The highest BCUT2D eigenvalue weighted by Gasteiger charge is 2.22. The van der Waals surface area contributed by atoms with Gasteiger partial charge in [-0.05, 0) is 64.1 Å². The zero-order valence-electron chi connectivity index (χ0n) is 12.4. The van der Waals surface area contributed by atoms with Crippen molar-refractivity contribution in [2.75, 3.05) is 5.32 Å². The van der Waals surface area contributed by atoms with Crippen LogP contribution in [0.5, 0.6) is 5.88 Å². The molecule has 25 heavy (non-hydrogen) atoms. The minimum atomic E-state index is -4.29. The standard InChI is InChI=1S/C15H11FIN3O4S/c16-12-6-13(19-9-3-1-8(17)2-4-9)10(5-14(12)25(18,22)23)11-7-24-20-15(11)21/h1-7,19H,(H,20,21)(H2,18,22,23). The number of halogens is 2. The first-order valence-electron chi connectivity index (χ1n) is 6.78. The Bertz CT molecular complexity index is 1040. The smallest absolute Gasteiger partial charge is 0.259 e. The van der Waals surface area contributed by atoms with Crippen LogP contribution < -0.4 is 10.5 Å². The van der Waals surface area contributed by atoms with E-state index in [1.807, 2.05) is 12.1 Å². The molecule has 0 atom stereocenters. The summed E-state index contributed by atoms with van der Waals surface area (Å²) in [6.07, 6.45) is 1.12. The van der Waals surface area contributed by atoms with E-state index in [4.69, 9.17) is 5.14 Å². The van der Waals surface area contributed by atoms with Crippen molar-refractivity contribution in [2.45, 2.75) is 4.90 Å². The van der Waals surface area contributed by atoms with Crippen molar-refractivity contribution in [1.29, 1.82) is 0 Å². The fourth-order valence-corrected chi connectivity index (χ4v) is 3.17. The molecule has 0 aliphatic rings. The van der Waals surface area contributed by atoms with E-state index >= 15 is 0 Å². The molecule has 0 saturated carbocycles. The van der Waals surface area contributed by atoms with E-state index in [1.54, 1.807) is 12.1 Å². The SMILES string of the molecule is NS(=O)(=O)c1cc(-c2conc2O)c(Nc2ccc(I)cc2)cc1F. The maximum absolute atomic E-state index is 14.2. The van der Waals surface area contributed by atoms with Crippen LogP contribution in [0.15, 0.2) is 52.1 Å². The normalized spacial score (nSPS) is 11.5. The van der Waals surface area contributed by atoms with Gasteiger partial charge in [0, 0.05) is 20.5 Å². The number of hydrogen-bond acceptors (Lipinski definition) is 6. The molecular formula is C15H11FIN3O4S. The largest absolute Gasteiger partial charge is 0.491 e. The summed E-state index contributed by atoms with van der Waals surface area (Å²) >= 11 is 2.14. The number of nitrogens with two attached hydrogens (primary N) is 1. The Kier molecular flexibility index (Phi) is 4.67. The molecule has 0 radical (unpaired) electrons. The van der Waals surface area contributed by atoms with Crippen molar-refractivity contribution in [3.05, 3.63) is 52.0 Å². The van der Waals surface area contributed by atoms with Crippen LogP contribution in [0.3, 0.4) is 0 Å². The zero-order valence-corrected chi connectivity index (χ0v) is 15.4. The van der Waals surface area contributed by atoms with Crippen LogP contribution in [0.2, 0.25) is 0 Å². The molecule has 0 bridgehead atoms. The second kappa shape index (κ2) is 6.61. The van der Waals surface area contributed by atoms with E-state index in [1.165, 1.54) is 0 Å². The number of anilines is 2. The van der Waals surface area contributed by atoms with Gasteiger partial charge in [-0.1, -0.05) is 0 Å². The summed E-state index contributed by atoms with van der Waals surface area (Å²) in [6, 6.07) is 9.23. The average molecular weight is 475 g/mol. The fourth-order valence-electron chi connectivity index (χ4n) is 2.20. The molecule has 2 aromatic carbocycles. The maximum atomic E-state index is 14.2. The third-order valence-electron chi connectivity index (χ3n) is 3.34. The molecule has 0 saturated heterocycles. The van der Waals surface area contributed by atoms with Crippen LogP contribution in [0.25, 0.3) is 11.1 Å². The molecule has 0 unspecified atom stereocenters. The Hall–Kier alpha value is -2.18. The Balaban J connectivity index is 2.18. The van der Waals surface area contributed by atoms with Crippen molar-refractivity contribution in [3.8, 4) is 17.0 Å². The molecule has 0 spiro atoms. The number of primary sulfonamides is 1. The summed E-state index contributed by atoms with van der Waals surface area (Å²) in [5, 5.41) is 21.2. The lowest BCUT2D eigenvalue weighted by Gasteiger charge is -2.13. The van der Waals surface area contributed by atoms with E-state index < -0.39 is 26.6 Å². The van der Waals surface area contributed by atoms with E-state index in [2.05, 4.69) is 37.6 Å². The molecule has 130 valence electrons. The Morgan fingerprint density at radius 1 is 1.20 bits per heavy atom. The van der Waals surface area contributed by atoms with Crippen molar-refractivity contribution in [2.24, 2.45) is 5.14 Å². The Labute approximate surface area is 155 Å². The molecule has 1 heterocycles. The number of rotatable bonds is 4. The third-order valence-corrected chi connectivity index (χ3v) is 4.99. The summed E-state index contributed by atoms with van der Waals surface area (Å²) < 4.78 is 43.1. The van der Waals surface area contributed by atoms with Gasteiger partial charge in [0.15, 0.2) is 0 Å². The predicted molar refractivity (Wildman–Crippen MR) is 97.4 cm³/mol. The number of aromatic hydroxyl groups is 1. The van der Waals surface area contributed by atoms with Crippen LogP contribution in [0.1, 0.15) is 0 Å². The van der Waals surface area contributed by atoms with Crippen molar-refractivity contribution >= 4 is 44.0 Å². The van der Waals surface area contributed by atoms with E-state index in [0.29, 0.717) is 5.69 Å². The molecule has 0 aliphatic heterocycles. The Morgan fingerprint density at radius 3 is 2.44 bits per heavy atom. The first-order valence-corrected chi connectivity index (χ1v) is 9.41. The zero-order chi connectivity index (χ0) is 18.2. The molecule has 1 aromatic heterocycles. The van der Waals surface area contributed by atoms with Gasteiger partial charge in [0.25, 0.3) is 5.88 Å². The highest BCUT2D eigenvalue weighted by atomic mass is 127. The molecule has 0 aliphatic carbocycles. The molecule has 3 aromatic rings. The van der Waals surface area contributed by atoms with Crippen LogP contribution in [0, 0.1) is 9.39 Å². The molecule has 10 heteroatoms. The number of nitrogens with zero attached hydrogens (tertiary/aromatic N) is 1. The van der Waals surface area contributed by atoms with E-state index in [-0.39, 0.29) is 16.8 Å². The molecule has 4 N–H and O–H groups in total. The van der Waals surface area contributed by atoms with Crippen LogP contribution in [-0.4, -0.2) is 18.7 Å². The van der Waals surface area contributed by atoms with Gasteiger partial charge in [-0.15, -0.1) is 0 Å². The lowest BCUT2D eigenvalue weighted by molar-refractivity contribution is 0.359. The van der Waals surface area contributed by atoms with Crippen LogP contribution in [0.4, 0.5) is 15.8 Å². The first-order chi connectivity index (χ1) is 11.8. The second-order valence-corrected chi connectivity index (χ2v) is 7.83. The fraction of sp³-hybridized carbons (Fsp3) is 0. The van der Waals surface area contributed by atoms with E-state index in [9.17, 15) is 17.9 Å². The van der Waals surface area contributed by atoms with Gasteiger partial charge in [0.2, 0.25) is 10.0 Å². The number of aromatic nitrogens is 1. The van der Waals surface area contributed by atoms with Gasteiger partial charge < -0.3 is 14.9 Å². The molecule has 0 amide bonds.